The van der Waals surface area contributed by atoms with E-state index in [1.807, 2.05) is 36.4 Å². The van der Waals surface area contributed by atoms with Crippen LogP contribution in [0.5, 0.6) is 0 Å². The summed E-state index contributed by atoms with van der Waals surface area (Å²) in [6, 6.07) is 66.2. The van der Waals surface area contributed by atoms with Crippen molar-refractivity contribution in [2.45, 2.75) is 18.3 Å². The molecule has 0 N–H and O–H groups in total. The Labute approximate surface area is 371 Å². The van der Waals surface area contributed by atoms with Crippen LogP contribution >= 0.6 is 0 Å². The monoisotopic (exact) mass is 909 g/mol. The molecular formula is C55H38IN6-. The first-order valence-electron chi connectivity index (χ1n) is 20.8. The number of halogens is 1. The minimum atomic E-state index is -0.693. The van der Waals surface area contributed by atoms with Gasteiger partial charge in [-0.05, 0) is 12.8 Å². The summed E-state index contributed by atoms with van der Waals surface area (Å²) < 4.78 is 2.08. The molecule has 2 heterocycles. The van der Waals surface area contributed by atoms with Crippen LogP contribution in [0.25, 0.3) is 62.3 Å². The third-order valence-corrected chi connectivity index (χ3v) is 13.9. The van der Waals surface area contributed by atoms with Crippen LogP contribution in [0.4, 0.5) is 0 Å². The van der Waals surface area contributed by atoms with Gasteiger partial charge in [0, 0.05) is 11.1 Å². The first-order valence-corrected chi connectivity index (χ1v) is 23.0. The zero-order chi connectivity index (χ0) is 41.3. The number of hydrogen-bond acceptors (Lipinski definition) is 6. The zero-order valence-electron chi connectivity index (χ0n) is 33.6. The third kappa shape index (κ3) is 6.94. The number of nitrogens with zero attached hydrogens (tertiary/aromatic N) is 6. The van der Waals surface area contributed by atoms with Crippen LogP contribution in [-0.2, 0) is 5.41 Å². The van der Waals surface area contributed by atoms with Gasteiger partial charge in [0.05, 0.1) is 0 Å². The standard InChI is InChI=1S/C55H38IN6/c1-7-19-37(20-8-1)49-57-50(38-21-9-2-10-22-38)59-52(58-49)40-31-33-45-46-34-32-41(36-48(46)55(47(45)35-40,42-25-13-4-14-26-42)43-27-15-5-16-28-43)53-60-51(39-23-11-3-12-24-39)61-54(62-53)56-44-29-17-6-18-30-44/h1,3-9,11-36H,2,10H2/q-1. The molecule has 0 bridgehead atoms. The van der Waals surface area contributed by atoms with Crippen LogP contribution < -0.4 is 21.2 Å². The number of aromatic nitrogens is 6. The molecule has 7 heteroatoms. The van der Waals surface area contributed by atoms with E-state index in [-0.39, 0.29) is 0 Å². The number of hydrogen-bond donors (Lipinski definition) is 0. The fraction of sp³-hybridized carbons (Fsp3) is 0.0545. The predicted molar refractivity (Wildman–Crippen MR) is 242 cm³/mol. The third-order valence-electron chi connectivity index (χ3n) is 11.6. The Hall–Kier alpha value is -7.23. The first kappa shape index (κ1) is 37.7. The van der Waals surface area contributed by atoms with E-state index in [1.165, 1.54) is 9.13 Å². The Morgan fingerprint density at radius 2 is 0.823 bits per heavy atom. The van der Waals surface area contributed by atoms with Crippen molar-refractivity contribution in [2.75, 3.05) is 0 Å². The summed E-state index contributed by atoms with van der Waals surface area (Å²) >= 11 is -0.663. The molecule has 7 aromatic carbocycles. The first-order chi connectivity index (χ1) is 30.7. The zero-order valence-corrected chi connectivity index (χ0v) is 35.8. The molecule has 0 spiro atoms. The van der Waals surface area contributed by atoms with Gasteiger partial charge < -0.3 is 0 Å². The van der Waals surface area contributed by atoms with Crippen molar-refractivity contribution in [3.8, 4) is 56.7 Å². The van der Waals surface area contributed by atoms with Crippen molar-refractivity contribution in [3.05, 3.63) is 242 Å². The van der Waals surface area contributed by atoms with Gasteiger partial charge in [-0.15, -0.1) is 0 Å². The second-order valence-corrected chi connectivity index (χ2v) is 18.1. The van der Waals surface area contributed by atoms with Crippen molar-refractivity contribution in [1.29, 1.82) is 0 Å². The van der Waals surface area contributed by atoms with Crippen molar-refractivity contribution < 1.29 is 21.2 Å². The fourth-order valence-electron chi connectivity index (χ4n) is 8.71. The van der Waals surface area contributed by atoms with Gasteiger partial charge in [0.2, 0.25) is 0 Å². The molecule has 296 valence electrons. The molecule has 6 nitrogen and oxygen atoms in total. The van der Waals surface area contributed by atoms with Crippen molar-refractivity contribution >= 4 is 5.57 Å². The van der Waals surface area contributed by atoms with Crippen LogP contribution in [0, 0.1) is 7.40 Å². The van der Waals surface area contributed by atoms with Crippen LogP contribution in [-0.4, -0.2) is 29.9 Å². The number of allylic oxidation sites excluding steroid dienone is 4. The summed E-state index contributed by atoms with van der Waals surface area (Å²) in [4.78, 5) is 30.8. The molecule has 2 aromatic heterocycles. The van der Waals surface area contributed by atoms with E-state index in [4.69, 9.17) is 29.9 Å². The van der Waals surface area contributed by atoms with Crippen LogP contribution in [0.1, 0.15) is 40.9 Å². The summed E-state index contributed by atoms with van der Waals surface area (Å²) in [5.74, 6) is 3.31. The molecular weight excluding hydrogens is 872 g/mol. The average Bonchev–Trinajstić information content (AvgIpc) is 3.65. The van der Waals surface area contributed by atoms with Gasteiger partial charge in [-0.2, -0.15) is 0 Å². The van der Waals surface area contributed by atoms with Gasteiger partial charge >= 0.3 is 284 Å². The second kappa shape index (κ2) is 16.3. The molecule has 0 saturated carbocycles. The molecule has 62 heavy (non-hydrogen) atoms. The Kier molecular flexibility index (Phi) is 9.94. The Morgan fingerprint density at radius 1 is 0.387 bits per heavy atom. The quantitative estimate of drug-likeness (QED) is 0.135. The van der Waals surface area contributed by atoms with E-state index >= 15 is 0 Å². The molecule has 0 aliphatic heterocycles. The van der Waals surface area contributed by atoms with E-state index in [0.717, 1.165) is 72.3 Å². The Bertz CT molecular complexity index is 3100. The number of fused-ring (bicyclic) bond motifs is 3. The number of benzene rings is 7. The maximum absolute atomic E-state index is 5.22. The molecule has 9 aromatic rings. The molecule has 0 fully saturated rings. The van der Waals surface area contributed by atoms with Gasteiger partial charge in [0.25, 0.3) is 0 Å². The number of rotatable bonds is 9. The average molecular weight is 910 g/mol. The van der Waals surface area contributed by atoms with Gasteiger partial charge in [-0.25, -0.2) is 4.98 Å². The molecule has 0 amide bonds. The van der Waals surface area contributed by atoms with Gasteiger partial charge in [-0.1, -0.05) is 48.6 Å². The van der Waals surface area contributed by atoms with E-state index in [0.29, 0.717) is 29.1 Å². The van der Waals surface area contributed by atoms with Crippen molar-refractivity contribution in [3.63, 3.8) is 0 Å². The summed E-state index contributed by atoms with van der Waals surface area (Å²) in [6.07, 6.45) is 8.52. The summed E-state index contributed by atoms with van der Waals surface area (Å²) in [7, 11) is 0. The van der Waals surface area contributed by atoms with E-state index in [1.54, 1.807) is 0 Å². The summed E-state index contributed by atoms with van der Waals surface area (Å²) in [6.45, 7) is 0. The van der Waals surface area contributed by atoms with Crippen LogP contribution in [0.3, 0.4) is 0 Å². The molecule has 0 unspecified atom stereocenters. The van der Waals surface area contributed by atoms with Gasteiger partial charge in [0.15, 0.2) is 11.6 Å². The van der Waals surface area contributed by atoms with Crippen LogP contribution in [0.2, 0.25) is 0 Å². The molecule has 0 saturated heterocycles. The summed E-state index contributed by atoms with van der Waals surface area (Å²) in [5.41, 5.74) is 11.1. The topological polar surface area (TPSA) is 77.3 Å². The van der Waals surface area contributed by atoms with E-state index in [2.05, 4.69) is 170 Å². The minimum absolute atomic E-state index is 0.635. The molecule has 0 atom stereocenters. The molecule has 2 aliphatic carbocycles. The maximum atomic E-state index is 5.22. The predicted octanol–water partition coefficient (Wildman–Crippen LogP) is 8.95. The smallest absolute Gasteiger partial charge is 0.0732 e. The minimum Gasteiger partial charge on any atom is -0.0732 e. The Morgan fingerprint density at radius 3 is 1.32 bits per heavy atom. The summed E-state index contributed by atoms with van der Waals surface area (Å²) in [5, 5.41) is 0. The SMILES string of the molecule is C1=CC(c2nc(-c3ccccc3)nc(-c3ccc4c(c3)C(c3ccccc3)(c3ccccc3)c3cc(-c5nc([I-]c6ccccc6)nc(-c6ccccc6)n5)ccc3-4)n2)=CCC1. The van der Waals surface area contributed by atoms with E-state index < -0.39 is 26.6 Å². The normalized spacial score (nSPS) is 13.6. The van der Waals surface area contributed by atoms with Gasteiger partial charge in [-0.3, -0.25) is 0 Å². The van der Waals surface area contributed by atoms with Crippen LogP contribution in [0.15, 0.2) is 206 Å². The second-order valence-electron chi connectivity index (χ2n) is 15.3. The molecule has 0 radical (unpaired) electrons. The Balaban J connectivity index is 1.13. The molecule has 2 aliphatic rings. The van der Waals surface area contributed by atoms with E-state index in [9.17, 15) is 0 Å². The van der Waals surface area contributed by atoms with Gasteiger partial charge in [0.1, 0.15) is 0 Å². The van der Waals surface area contributed by atoms with Crippen molar-refractivity contribution in [1.82, 2.24) is 29.9 Å². The van der Waals surface area contributed by atoms with Crippen molar-refractivity contribution in [2.24, 2.45) is 0 Å². The molecule has 11 rings (SSSR count). The fourth-order valence-corrected chi connectivity index (χ4v) is 10.7.